The fourth-order valence-corrected chi connectivity index (χ4v) is 3.87. The van der Waals surface area contributed by atoms with E-state index in [4.69, 9.17) is 5.14 Å². The smallest absolute Gasteiger partial charge is 0.238 e. The monoisotopic (exact) mass is 286 g/mol. The minimum Gasteiger partial charge on any atom is -0.312 e. The number of benzene rings is 1. The lowest BCUT2D eigenvalue weighted by Crippen LogP contribution is -2.22. The summed E-state index contributed by atoms with van der Waals surface area (Å²) in [6, 6.07) is 6.78. The highest BCUT2D eigenvalue weighted by Crippen LogP contribution is 2.22. The largest absolute Gasteiger partial charge is 0.312 e. The van der Waals surface area contributed by atoms with Crippen LogP contribution in [0, 0.1) is 5.92 Å². The first-order valence-corrected chi connectivity index (χ1v) is 8.66. The third-order valence-electron chi connectivity index (χ3n) is 3.01. The van der Waals surface area contributed by atoms with E-state index in [-0.39, 0.29) is 4.90 Å². The van der Waals surface area contributed by atoms with Crippen molar-refractivity contribution in [3.8, 4) is 0 Å². The molecule has 0 bridgehead atoms. The molecule has 1 saturated heterocycles. The predicted octanol–water partition coefficient (Wildman–Crippen LogP) is 1.18. The maximum Gasteiger partial charge on any atom is 0.238 e. The number of thioether (sulfide) groups is 1. The van der Waals surface area contributed by atoms with E-state index in [0.717, 1.165) is 18.0 Å². The summed E-state index contributed by atoms with van der Waals surface area (Å²) in [4.78, 5) is 0.179. The van der Waals surface area contributed by atoms with Gasteiger partial charge in [0.1, 0.15) is 0 Å². The minimum absolute atomic E-state index is 0.179. The lowest BCUT2D eigenvalue weighted by atomic mass is 10.1. The number of nitrogens with two attached hydrogens (primary N) is 1. The fraction of sp³-hybridized carbons (Fsp3) is 0.500. The van der Waals surface area contributed by atoms with Gasteiger partial charge in [0.15, 0.2) is 0 Å². The molecular formula is C12H18N2O2S2. The van der Waals surface area contributed by atoms with Gasteiger partial charge < -0.3 is 5.32 Å². The SMILES string of the molecule is NS(=O)(=O)c1cccc(CNCC2CCSC2)c1. The Morgan fingerprint density at radius 1 is 1.44 bits per heavy atom. The number of rotatable bonds is 5. The summed E-state index contributed by atoms with van der Waals surface area (Å²) in [5.41, 5.74) is 0.951. The van der Waals surface area contributed by atoms with Crippen molar-refractivity contribution < 1.29 is 8.42 Å². The normalized spacial score (nSPS) is 20.2. The summed E-state index contributed by atoms with van der Waals surface area (Å²) in [7, 11) is -3.60. The van der Waals surface area contributed by atoms with Crippen LogP contribution in [-0.2, 0) is 16.6 Å². The summed E-state index contributed by atoms with van der Waals surface area (Å²) in [6.45, 7) is 1.68. The summed E-state index contributed by atoms with van der Waals surface area (Å²) in [6.07, 6.45) is 1.27. The Bertz CT molecular complexity index is 497. The first kappa shape index (κ1) is 13.9. The standard InChI is InChI=1S/C12H18N2O2S2/c13-18(15,16)12-3-1-2-10(6-12)7-14-8-11-4-5-17-9-11/h1-3,6,11,14H,4-5,7-9H2,(H2,13,15,16). The Kier molecular flexibility index (Phi) is 4.66. The first-order chi connectivity index (χ1) is 8.55. The molecule has 1 atom stereocenters. The number of hydrogen-bond acceptors (Lipinski definition) is 4. The minimum atomic E-state index is -3.60. The van der Waals surface area contributed by atoms with Crippen molar-refractivity contribution in [1.82, 2.24) is 5.32 Å². The van der Waals surface area contributed by atoms with Crippen LogP contribution in [0.3, 0.4) is 0 Å². The van der Waals surface area contributed by atoms with Gasteiger partial charge in [-0.05, 0) is 48.1 Å². The fourth-order valence-electron chi connectivity index (χ4n) is 2.00. The molecular weight excluding hydrogens is 268 g/mol. The van der Waals surface area contributed by atoms with Crippen LogP contribution in [0.5, 0.6) is 0 Å². The second-order valence-electron chi connectivity index (χ2n) is 4.55. The molecule has 1 aliphatic heterocycles. The van der Waals surface area contributed by atoms with E-state index in [2.05, 4.69) is 5.32 Å². The molecule has 3 N–H and O–H groups in total. The van der Waals surface area contributed by atoms with Crippen molar-refractivity contribution in [2.75, 3.05) is 18.1 Å². The van der Waals surface area contributed by atoms with Crippen molar-refractivity contribution in [2.24, 2.45) is 11.1 Å². The molecule has 1 heterocycles. The number of primary sulfonamides is 1. The van der Waals surface area contributed by atoms with Gasteiger partial charge in [0, 0.05) is 6.54 Å². The van der Waals surface area contributed by atoms with Crippen molar-refractivity contribution in [3.05, 3.63) is 29.8 Å². The van der Waals surface area contributed by atoms with Gasteiger partial charge >= 0.3 is 0 Å². The van der Waals surface area contributed by atoms with Gasteiger partial charge in [0.2, 0.25) is 10.0 Å². The maximum absolute atomic E-state index is 11.2. The molecule has 6 heteroatoms. The quantitative estimate of drug-likeness (QED) is 0.852. The van der Waals surface area contributed by atoms with Gasteiger partial charge in [-0.1, -0.05) is 12.1 Å². The highest BCUT2D eigenvalue weighted by atomic mass is 32.2. The summed E-state index contributed by atoms with van der Waals surface area (Å²) < 4.78 is 22.4. The van der Waals surface area contributed by atoms with Crippen LogP contribution in [0.4, 0.5) is 0 Å². The summed E-state index contributed by atoms with van der Waals surface area (Å²) in [5, 5.41) is 8.48. The van der Waals surface area contributed by atoms with E-state index in [9.17, 15) is 8.42 Å². The highest BCUT2D eigenvalue weighted by molar-refractivity contribution is 7.99. The Labute approximate surface area is 112 Å². The first-order valence-electron chi connectivity index (χ1n) is 5.96. The molecule has 0 aromatic heterocycles. The molecule has 0 aliphatic carbocycles. The highest BCUT2D eigenvalue weighted by Gasteiger charge is 2.14. The molecule has 1 fully saturated rings. The number of sulfonamides is 1. The van der Waals surface area contributed by atoms with Crippen molar-refractivity contribution in [3.63, 3.8) is 0 Å². The zero-order valence-corrected chi connectivity index (χ0v) is 11.8. The lowest BCUT2D eigenvalue weighted by Gasteiger charge is -2.10. The zero-order chi connectivity index (χ0) is 13.0. The molecule has 4 nitrogen and oxygen atoms in total. The van der Waals surface area contributed by atoms with Crippen molar-refractivity contribution in [2.45, 2.75) is 17.9 Å². The third kappa shape index (κ3) is 3.98. The second-order valence-corrected chi connectivity index (χ2v) is 7.26. The Morgan fingerprint density at radius 2 is 2.28 bits per heavy atom. The molecule has 1 unspecified atom stereocenters. The Hall–Kier alpha value is -0.560. The Balaban J connectivity index is 1.89. The molecule has 1 aromatic rings. The molecule has 0 radical (unpaired) electrons. The van der Waals surface area contributed by atoms with E-state index in [1.807, 2.05) is 17.8 Å². The van der Waals surface area contributed by atoms with Gasteiger partial charge in [-0.15, -0.1) is 0 Å². The van der Waals surface area contributed by atoms with E-state index in [0.29, 0.717) is 6.54 Å². The zero-order valence-electron chi connectivity index (χ0n) is 10.1. The molecule has 2 rings (SSSR count). The second kappa shape index (κ2) is 6.06. The maximum atomic E-state index is 11.2. The molecule has 0 saturated carbocycles. The van der Waals surface area contributed by atoms with Crippen LogP contribution in [0.2, 0.25) is 0 Å². The van der Waals surface area contributed by atoms with E-state index in [1.54, 1.807) is 12.1 Å². The average molecular weight is 286 g/mol. The summed E-state index contributed by atoms with van der Waals surface area (Å²) >= 11 is 2.00. The molecule has 1 aromatic carbocycles. The molecule has 18 heavy (non-hydrogen) atoms. The van der Waals surface area contributed by atoms with Crippen LogP contribution in [0.25, 0.3) is 0 Å². The number of nitrogens with one attached hydrogen (secondary N) is 1. The van der Waals surface area contributed by atoms with E-state index >= 15 is 0 Å². The van der Waals surface area contributed by atoms with Gasteiger partial charge in [-0.3, -0.25) is 0 Å². The van der Waals surface area contributed by atoms with Crippen molar-refractivity contribution >= 4 is 21.8 Å². The van der Waals surface area contributed by atoms with Crippen LogP contribution < -0.4 is 10.5 Å². The van der Waals surface area contributed by atoms with Gasteiger partial charge in [-0.2, -0.15) is 11.8 Å². The predicted molar refractivity (Wildman–Crippen MR) is 75.0 cm³/mol. The average Bonchev–Trinajstić information content (AvgIpc) is 2.81. The van der Waals surface area contributed by atoms with Crippen molar-refractivity contribution in [1.29, 1.82) is 0 Å². The molecule has 1 aliphatic rings. The van der Waals surface area contributed by atoms with E-state index < -0.39 is 10.0 Å². The number of hydrogen-bond donors (Lipinski definition) is 2. The van der Waals surface area contributed by atoms with Crippen LogP contribution in [0.15, 0.2) is 29.2 Å². The molecule has 0 amide bonds. The lowest BCUT2D eigenvalue weighted by molar-refractivity contribution is 0.523. The van der Waals surface area contributed by atoms with Crippen LogP contribution >= 0.6 is 11.8 Å². The Morgan fingerprint density at radius 3 is 2.94 bits per heavy atom. The third-order valence-corrected chi connectivity index (χ3v) is 5.16. The van der Waals surface area contributed by atoms with Crippen LogP contribution in [0.1, 0.15) is 12.0 Å². The van der Waals surface area contributed by atoms with Gasteiger partial charge in [0.25, 0.3) is 0 Å². The van der Waals surface area contributed by atoms with Gasteiger partial charge in [-0.25, -0.2) is 13.6 Å². The van der Waals surface area contributed by atoms with E-state index in [1.165, 1.54) is 24.0 Å². The van der Waals surface area contributed by atoms with Crippen LogP contribution in [-0.4, -0.2) is 26.5 Å². The topological polar surface area (TPSA) is 72.2 Å². The molecule has 0 spiro atoms. The summed E-state index contributed by atoms with van der Waals surface area (Å²) in [5.74, 6) is 3.23. The molecule has 100 valence electrons. The van der Waals surface area contributed by atoms with Gasteiger partial charge in [0.05, 0.1) is 4.90 Å².